The van der Waals surface area contributed by atoms with E-state index in [4.69, 9.17) is 4.74 Å². The molecule has 0 saturated heterocycles. The summed E-state index contributed by atoms with van der Waals surface area (Å²) in [7, 11) is 0. The molecule has 0 heterocycles. The van der Waals surface area contributed by atoms with Crippen LogP contribution in [0.5, 0.6) is 0 Å². The highest BCUT2D eigenvalue weighted by Gasteiger charge is 1.83. The summed E-state index contributed by atoms with van der Waals surface area (Å²) in [5.74, 6) is 0.812. The Labute approximate surface area is 54.6 Å². The molecule has 1 nitrogen and oxygen atoms in total. The van der Waals surface area contributed by atoms with E-state index in [0.717, 1.165) is 12.2 Å². The number of hydrogen-bond acceptors (Lipinski definition) is 2. The number of hydrogen-bond donors (Lipinski definition) is 1. The van der Waals surface area contributed by atoms with Crippen LogP contribution >= 0.6 is 12.6 Å². The minimum atomic E-state index is -0.382. The second-order valence-corrected chi connectivity index (χ2v) is 1.83. The van der Waals surface area contributed by atoms with Gasteiger partial charge in [0.15, 0.2) is 0 Å². The second-order valence-electron chi connectivity index (χ2n) is 1.38. The van der Waals surface area contributed by atoms with Crippen LogP contribution in [0.15, 0.2) is 0 Å². The van der Waals surface area contributed by atoms with Crippen molar-refractivity contribution in [2.75, 3.05) is 25.6 Å². The van der Waals surface area contributed by atoms with E-state index in [9.17, 15) is 4.39 Å². The molecule has 0 aromatic carbocycles. The summed E-state index contributed by atoms with van der Waals surface area (Å²) >= 11 is 3.95. The van der Waals surface area contributed by atoms with E-state index in [1.807, 2.05) is 0 Å². The fraction of sp³-hybridized carbons (Fsp3) is 1.00. The Morgan fingerprint density at radius 2 is 2.12 bits per heavy atom. The summed E-state index contributed by atoms with van der Waals surface area (Å²) in [6, 6.07) is 0. The normalized spacial score (nSPS) is 9.75. The first kappa shape index (κ1) is 8.24. The van der Waals surface area contributed by atoms with Crippen molar-refractivity contribution in [2.24, 2.45) is 0 Å². The second kappa shape index (κ2) is 7.24. The zero-order chi connectivity index (χ0) is 6.24. The lowest BCUT2D eigenvalue weighted by Crippen LogP contribution is -1.98. The molecule has 0 spiro atoms. The van der Waals surface area contributed by atoms with Crippen LogP contribution in [0, 0.1) is 0 Å². The Hall–Kier alpha value is 0.240. The Morgan fingerprint density at radius 3 is 2.62 bits per heavy atom. The van der Waals surface area contributed by atoms with Crippen molar-refractivity contribution in [3.05, 3.63) is 0 Å². The van der Waals surface area contributed by atoms with Crippen LogP contribution in [0.1, 0.15) is 6.42 Å². The molecule has 0 amide bonds. The van der Waals surface area contributed by atoms with Crippen LogP contribution in [0.3, 0.4) is 0 Å². The topological polar surface area (TPSA) is 9.23 Å². The van der Waals surface area contributed by atoms with Gasteiger partial charge in [0, 0.05) is 6.61 Å². The molecule has 0 bridgehead atoms. The Kier molecular flexibility index (Phi) is 7.46. The molecule has 3 heteroatoms. The van der Waals surface area contributed by atoms with E-state index < -0.39 is 0 Å². The highest BCUT2D eigenvalue weighted by molar-refractivity contribution is 7.80. The molecule has 8 heavy (non-hydrogen) atoms. The summed E-state index contributed by atoms with van der Waals surface area (Å²) in [5.41, 5.74) is 0. The third kappa shape index (κ3) is 6.24. The molecule has 0 saturated carbocycles. The summed E-state index contributed by atoms with van der Waals surface area (Å²) in [5, 5.41) is 0. The standard InChI is InChI=1S/C5H11FOS/c6-2-4-7-3-1-5-8/h8H,1-5H2. The van der Waals surface area contributed by atoms with E-state index >= 15 is 0 Å². The van der Waals surface area contributed by atoms with Crippen molar-refractivity contribution in [1.29, 1.82) is 0 Å². The fourth-order valence-electron chi connectivity index (χ4n) is 0.323. The van der Waals surface area contributed by atoms with Crippen molar-refractivity contribution in [3.63, 3.8) is 0 Å². The Balaban J connectivity index is 2.53. The molecule has 0 atom stereocenters. The predicted octanol–water partition coefficient (Wildman–Crippen LogP) is 1.29. The quantitative estimate of drug-likeness (QED) is 0.445. The van der Waals surface area contributed by atoms with Crippen molar-refractivity contribution in [3.8, 4) is 0 Å². The first-order valence-electron chi connectivity index (χ1n) is 2.66. The van der Waals surface area contributed by atoms with Gasteiger partial charge >= 0.3 is 0 Å². The lowest BCUT2D eigenvalue weighted by atomic mass is 10.5. The van der Waals surface area contributed by atoms with Crippen molar-refractivity contribution < 1.29 is 9.13 Å². The highest BCUT2D eigenvalue weighted by atomic mass is 32.1. The molecular weight excluding hydrogens is 127 g/mol. The number of rotatable bonds is 5. The lowest BCUT2D eigenvalue weighted by molar-refractivity contribution is 0.120. The minimum absolute atomic E-state index is 0.230. The Bertz CT molecular complexity index is 37.4. The average molecular weight is 138 g/mol. The average Bonchev–Trinajstić information content (AvgIpc) is 1.81. The van der Waals surface area contributed by atoms with Gasteiger partial charge < -0.3 is 4.74 Å². The van der Waals surface area contributed by atoms with Crippen LogP contribution < -0.4 is 0 Å². The van der Waals surface area contributed by atoms with E-state index in [0.29, 0.717) is 6.61 Å². The summed E-state index contributed by atoms with van der Waals surface area (Å²) in [6.07, 6.45) is 0.906. The van der Waals surface area contributed by atoms with Crippen molar-refractivity contribution >= 4 is 12.6 Å². The van der Waals surface area contributed by atoms with Gasteiger partial charge in [-0.1, -0.05) is 0 Å². The molecule has 0 unspecified atom stereocenters. The van der Waals surface area contributed by atoms with Crippen LogP contribution in [0.25, 0.3) is 0 Å². The van der Waals surface area contributed by atoms with E-state index in [-0.39, 0.29) is 13.3 Å². The molecule has 0 aliphatic heterocycles. The van der Waals surface area contributed by atoms with Gasteiger partial charge in [-0.2, -0.15) is 12.6 Å². The largest absolute Gasteiger partial charge is 0.379 e. The van der Waals surface area contributed by atoms with Crippen LogP contribution in [-0.4, -0.2) is 25.6 Å². The van der Waals surface area contributed by atoms with E-state index in [2.05, 4.69) is 12.6 Å². The zero-order valence-corrected chi connectivity index (χ0v) is 5.66. The molecule has 0 aliphatic rings. The van der Waals surface area contributed by atoms with Gasteiger partial charge in [-0.3, -0.25) is 0 Å². The van der Waals surface area contributed by atoms with Gasteiger partial charge in [-0.25, -0.2) is 4.39 Å². The third-order valence-corrected chi connectivity index (χ3v) is 0.985. The Morgan fingerprint density at radius 1 is 1.38 bits per heavy atom. The van der Waals surface area contributed by atoms with E-state index in [1.54, 1.807) is 0 Å². The maximum Gasteiger partial charge on any atom is 0.113 e. The molecule has 0 rings (SSSR count). The monoisotopic (exact) mass is 138 g/mol. The molecular formula is C5H11FOS. The van der Waals surface area contributed by atoms with Gasteiger partial charge in [-0.15, -0.1) is 0 Å². The van der Waals surface area contributed by atoms with E-state index in [1.165, 1.54) is 0 Å². The minimum Gasteiger partial charge on any atom is -0.379 e. The molecule has 0 N–H and O–H groups in total. The predicted molar refractivity (Wildman–Crippen MR) is 35.3 cm³/mol. The van der Waals surface area contributed by atoms with Crippen LogP contribution in [0.4, 0.5) is 4.39 Å². The summed E-state index contributed by atoms with van der Waals surface area (Å²) < 4.78 is 16.1. The SMILES string of the molecule is FCCOCCCS. The molecule has 0 radical (unpaired) electrons. The maximum absolute atomic E-state index is 11.3. The smallest absolute Gasteiger partial charge is 0.113 e. The van der Waals surface area contributed by atoms with Gasteiger partial charge in [0.05, 0.1) is 6.61 Å². The molecule has 0 aromatic heterocycles. The van der Waals surface area contributed by atoms with Gasteiger partial charge in [0.25, 0.3) is 0 Å². The first-order valence-corrected chi connectivity index (χ1v) is 3.29. The molecule has 0 fully saturated rings. The zero-order valence-electron chi connectivity index (χ0n) is 4.77. The van der Waals surface area contributed by atoms with Crippen LogP contribution in [0.2, 0.25) is 0 Å². The number of halogens is 1. The lowest BCUT2D eigenvalue weighted by Gasteiger charge is -1.96. The number of ether oxygens (including phenoxy) is 1. The van der Waals surface area contributed by atoms with Crippen LogP contribution in [-0.2, 0) is 4.74 Å². The van der Waals surface area contributed by atoms with Crippen molar-refractivity contribution in [1.82, 2.24) is 0 Å². The van der Waals surface area contributed by atoms with Gasteiger partial charge in [0.1, 0.15) is 6.67 Å². The maximum atomic E-state index is 11.3. The van der Waals surface area contributed by atoms with Gasteiger partial charge in [0.2, 0.25) is 0 Å². The summed E-state index contributed by atoms with van der Waals surface area (Å²) in [6.45, 7) is 0.480. The fourth-order valence-corrected chi connectivity index (χ4v) is 0.452. The number of alkyl halides is 1. The van der Waals surface area contributed by atoms with Crippen molar-refractivity contribution in [2.45, 2.75) is 6.42 Å². The molecule has 50 valence electrons. The van der Waals surface area contributed by atoms with Gasteiger partial charge in [-0.05, 0) is 12.2 Å². The molecule has 0 aliphatic carbocycles. The summed E-state index contributed by atoms with van der Waals surface area (Å²) in [4.78, 5) is 0. The third-order valence-electron chi connectivity index (χ3n) is 0.668. The number of thiol groups is 1. The first-order chi connectivity index (χ1) is 3.91. The molecule has 0 aromatic rings. The highest BCUT2D eigenvalue weighted by Crippen LogP contribution is 1.84.